The van der Waals surface area contributed by atoms with Crippen LogP contribution in [0.4, 0.5) is 0 Å². The number of rotatable bonds is 9. The van der Waals surface area contributed by atoms with Crippen molar-refractivity contribution in [2.75, 3.05) is 21.2 Å². The molecule has 1 fully saturated rings. The molecule has 0 aromatic carbocycles. The molecule has 0 bridgehead atoms. The summed E-state index contributed by atoms with van der Waals surface area (Å²) in [5.74, 6) is -1.20. The van der Waals surface area contributed by atoms with Crippen LogP contribution in [-0.2, 0) is 23.9 Å². The Morgan fingerprint density at radius 2 is 0.833 bits per heavy atom. The first kappa shape index (κ1) is 44.4. The Bertz CT molecular complexity index is 1240. The molecule has 0 N–H and O–H groups in total. The van der Waals surface area contributed by atoms with Crippen LogP contribution in [0.3, 0.4) is 0 Å². The lowest BCUT2D eigenvalue weighted by molar-refractivity contribution is -0.209. The lowest BCUT2D eigenvalue weighted by atomic mass is 9.40. The zero-order valence-corrected chi connectivity index (χ0v) is 36.4. The van der Waals surface area contributed by atoms with Crippen molar-refractivity contribution >= 4 is 17.8 Å². The van der Waals surface area contributed by atoms with E-state index >= 15 is 4.79 Å². The predicted octanol–water partition coefficient (Wildman–Crippen LogP) is 9.41. The molecule has 1 saturated heterocycles. The van der Waals surface area contributed by atoms with E-state index in [4.69, 9.17) is 9.47 Å². The first-order valence-electron chi connectivity index (χ1n) is 17.9. The second-order valence-electron chi connectivity index (χ2n) is 21.5. The van der Waals surface area contributed by atoms with Gasteiger partial charge in [-0.3, -0.25) is 9.59 Å². The molecule has 0 saturated carbocycles. The average molecular weight is 679 g/mol. The summed E-state index contributed by atoms with van der Waals surface area (Å²) >= 11 is 0. The zero-order chi connectivity index (χ0) is 39.3. The maximum Gasteiger partial charge on any atom is 0.341 e. The number of hydrogen-bond acceptors (Lipinski definition) is 5. The average Bonchev–Trinajstić information content (AvgIpc) is 3.48. The summed E-state index contributed by atoms with van der Waals surface area (Å²) < 4.78 is 11.0. The van der Waals surface area contributed by atoms with Crippen LogP contribution in [0.5, 0.6) is 0 Å². The number of carbonyl (C=O) groups is 3. The molecular formula is C41H78N2O5. The Morgan fingerprint density at radius 1 is 0.521 bits per heavy atom. The van der Waals surface area contributed by atoms with Gasteiger partial charge in [0.25, 0.3) is 5.91 Å². The van der Waals surface area contributed by atoms with Gasteiger partial charge in [0.05, 0.1) is 7.11 Å². The van der Waals surface area contributed by atoms with Crippen LogP contribution >= 0.6 is 0 Å². The summed E-state index contributed by atoms with van der Waals surface area (Å²) in [4.78, 5) is 47.0. The molecule has 2 amide bonds. The van der Waals surface area contributed by atoms with Crippen LogP contribution < -0.4 is 0 Å². The third-order valence-electron chi connectivity index (χ3n) is 16.0. The van der Waals surface area contributed by atoms with Gasteiger partial charge in [-0.25, -0.2) is 4.79 Å². The third kappa shape index (κ3) is 5.48. The van der Waals surface area contributed by atoms with Gasteiger partial charge in [-0.2, -0.15) is 0 Å². The number of methoxy groups -OCH3 is 1. The molecule has 3 unspecified atom stereocenters. The summed E-state index contributed by atoms with van der Waals surface area (Å²) in [6, 6.07) is 0. The minimum Gasteiger partial charge on any atom is -0.467 e. The molecule has 0 spiro atoms. The van der Waals surface area contributed by atoms with Crippen LogP contribution in [0.1, 0.15) is 159 Å². The number of amides is 2. The van der Waals surface area contributed by atoms with Crippen LogP contribution in [0.15, 0.2) is 0 Å². The van der Waals surface area contributed by atoms with Crippen molar-refractivity contribution in [1.82, 2.24) is 9.80 Å². The first-order chi connectivity index (χ1) is 20.6. The van der Waals surface area contributed by atoms with Crippen molar-refractivity contribution in [3.8, 4) is 0 Å². The largest absolute Gasteiger partial charge is 0.467 e. The Balaban J connectivity index is 4.30. The van der Waals surface area contributed by atoms with Crippen molar-refractivity contribution in [3.05, 3.63) is 0 Å². The number of nitrogens with zero attached hydrogens (tertiary/aromatic N) is 2. The summed E-state index contributed by atoms with van der Waals surface area (Å²) in [7, 11) is 4.90. The fourth-order valence-corrected chi connectivity index (χ4v) is 10.5. The van der Waals surface area contributed by atoms with E-state index in [1.54, 1.807) is 25.8 Å². The molecule has 48 heavy (non-hydrogen) atoms. The summed E-state index contributed by atoms with van der Waals surface area (Å²) in [6.07, 6.45) is 0. The topological polar surface area (TPSA) is 79.5 Å². The van der Waals surface area contributed by atoms with Crippen LogP contribution in [0.2, 0.25) is 0 Å². The monoisotopic (exact) mass is 679 g/mol. The number of likely N-dealkylation sites (N-methyl/N-ethyl adjacent to an activating group) is 2. The van der Waals surface area contributed by atoms with Gasteiger partial charge in [0.1, 0.15) is 5.54 Å². The van der Waals surface area contributed by atoms with Crippen LogP contribution in [0, 0.1) is 43.3 Å². The molecular weight excluding hydrogens is 600 g/mol. The fourth-order valence-electron chi connectivity index (χ4n) is 10.5. The minimum absolute atomic E-state index is 0.113. The van der Waals surface area contributed by atoms with E-state index in [-0.39, 0.29) is 33.0 Å². The summed E-state index contributed by atoms with van der Waals surface area (Å²) in [5, 5.41) is 0. The molecule has 1 aliphatic rings. The predicted molar refractivity (Wildman–Crippen MR) is 200 cm³/mol. The van der Waals surface area contributed by atoms with E-state index in [0.717, 1.165) is 0 Å². The van der Waals surface area contributed by atoms with Gasteiger partial charge >= 0.3 is 5.97 Å². The van der Waals surface area contributed by atoms with Gasteiger partial charge in [0.15, 0.2) is 5.60 Å². The second kappa shape index (κ2) is 11.7. The lowest BCUT2D eigenvalue weighted by Crippen LogP contribution is -2.75. The Hall–Kier alpha value is -1.63. The molecule has 1 aliphatic heterocycles. The summed E-state index contributed by atoms with van der Waals surface area (Å²) in [6.45, 7) is 50.1. The number of epoxide rings is 1. The van der Waals surface area contributed by atoms with E-state index in [1.165, 1.54) is 7.11 Å². The number of ether oxygens (including phenoxy) is 2. The molecule has 0 aliphatic carbocycles. The lowest BCUT2D eigenvalue weighted by Gasteiger charge is -2.69. The Labute approximate surface area is 297 Å². The van der Waals surface area contributed by atoms with E-state index in [9.17, 15) is 9.59 Å². The van der Waals surface area contributed by atoms with Crippen molar-refractivity contribution in [2.45, 2.75) is 182 Å². The van der Waals surface area contributed by atoms with Crippen LogP contribution in [-0.4, -0.2) is 71.1 Å². The van der Waals surface area contributed by atoms with Crippen molar-refractivity contribution in [3.63, 3.8) is 0 Å². The Morgan fingerprint density at radius 3 is 1.12 bits per heavy atom. The maximum atomic E-state index is 15.9. The third-order valence-corrected chi connectivity index (χ3v) is 16.0. The van der Waals surface area contributed by atoms with Gasteiger partial charge < -0.3 is 19.3 Å². The van der Waals surface area contributed by atoms with Crippen molar-refractivity contribution < 1.29 is 23.9 Å². The molecule has 1 heterocycles. The molecule has 7 nitrogen and oxygen atoms in total. The molecule has 1 rings (SSSR count). The fraction of sp³-hybridized carbons (Fsp3) is 0.927. The number of carbonyl (C=O) groups excluding carboxylic acids is 3. The van der Waals surface area contributed by atoms with Crippen molar-refractivity contribution in [2.24, 2.45) is 43.3 Å². The quantitative estimate of drug-likeness (QED) is 0.179. The minimum atomic E-state index is -1.49. The highest BCUT2D eigenvalue weighted by atomic mass is 16.7. The van der Waals surface area contributed by atoms with E-state index in [2.05, 4.69) is 138 Å². The smallest absolute Gasteiger partial charge is 0.341 e. The zero-order valence-electron chi connectivity index (χ0n) is 36.4. The molecule has 0 aromatic rings. The van der Waals surface area contributed by atoms with Crippen LogP contribution in [0.25, 0.3) is 0 Å². The molecule has 0 radical (unpaired) electrons. The highest BCUT2D eigenvalue weighted by Gasteiger charge is 2.77. The second-order valence-corrected chi connectivity index (χ2v) is 21.5. The first-order valence-corrected chi connectivity index (χ1v) is 17.9. The van der Waals surface area contributed by atoms with Gasteiger partial charge in [0, 0.05) is 25.0 Å². The van der Waals surface area contributed by atoms with Gasteiger partial charge in [0.2, 0.25) is 11.5 Å². The Kier molecular flexibility index (Phi) is 10.8. The number of hydrogen-bond donors (Lipinski definition) is 0. The van der Waals surface area contributed by atoms with E-state index in [0.29, 0.717) is 0 Å². The molecule has 0 aromatic heterocycles. The standard InChI is InChI=1S/C41H78N2O5/c1-30(2,3)40(22,31(4,5)6)34(13,14)36(17,18)42(24)27(44)37(19,35(15,16)41(23,32(7,8)9)33(10,11)12)43(25)28(45)38(20)39(21,48-38)29(46)47-26/h1-26H3. The SMILES string of the molecule is COC(=O)C1(C)OC1(C)C(=O)N(C)C(C)(C(=O)N(C)C(C)(C)C(C)(C)C(C)(C(C)(C)C)C(C)(C)C)C(C)(C)C(C)(C(C)(C)C)C(C)(C)C. The van der Waals surface area contributed by atoms with Crippen molar-refractivity contribution in [1.29, 1.82) is 0 Å². The van der Waals surface area contributed by atoms with Gasteiger partial charge in [-0.15, -0.1) is 0 Å². The normalized spacial score (nSPS) is 23.3. The van der Waals surface area contributed by atoms with E-state index in [1.807, 2.05) is 18.9 Å². The highest BCUT2D eigenvalue weighted by Crippen LogP contribution is 2.68. The van der Waals surface area contributed by atoms with Gasteiger partial charge in [-0.1, -0.05) is 125 Å². The molecule has 282 valence electrons. The van der Waals surface area contributed by atoms with Gasteiger partial charge in [-0.05, 0) is 72.5 Å². The highest BCUT2D eigenvalue weighted by molar-refractivity contribution is 6.02. The number of esters is 1. The maximum absolute atomic E-state index is 15.9. The van der Waals surface area contributed by atoms with E-state index < -0.39 is 50.4 Å². The molecule has 7 heteroatoms. The molecule has 3 atom stereocenters. The summed E-state index contributed by atoms with van der Waals surface area (Å²) in [5.41, 5.74) is -7.81.